The zero-order valence-corrected chi connectivity index (χ0v) is 13.1. The normalized spacial score (nSPS) is 10.9. The van der Waals surface area contributed by atoms with E-state index in [1.165, 1.54) is 25.3 Å². The summed E-state index contributed by atoms with van der Waals surface area (Å²) >= 11 is 0. The third-order valence-corrected chi connectivity index (χ3v) is 3.19. The van der Waals surface area contributed by atoms with Gasteiger partial charge in [0.1, 0.15) is 10.6 Å². The Morgan fingerprint density at radius 3 is 2.72 bits per heavy atom. The van der Waals surface area contributed by atoms with E-state index in [0.717, 1.165) is 5.69 Å². The maximum atomic E-state index is 11.0. The molecule has 9 nitrogen and oxygen atoms in total. The molecule has 0 aliphatic heterocycles. The van der Waals surface area contributed by atoms with Gasteiger partial charge in [0.25, 0.3) is 0 Å². The Labute approximate surface area is 141 Å². The molecule has 9 heteroatoms. The second kappa shape index (κ2) is 6.79. The van der Waals surface area contributed by atoms with Gasteiger partial charge in [0.15, 0.2) is 5.76 Å². The highest BCUT2D eigenvalue weighted by atomic mass is 16.6. The van der Waals surface area contributed by atoms with E-state index < -0.39 is 4.92 Å². The highest BCUT2D eigenvalue weighted by molar-refractivity contribution is 5.88. The van der Waals surface area contributed by atoms with Crippen molar-refractivity contribution in [3.8, 4) is 17.1 Å². The molecule has 126 valence electrons. The van der Waals surface area contributed by atoms with Crippen LogP contribution in [0.3, 0.4) is 0 Å². The van der Waals surface area contributed by atoms with Gasteiger partial charge in [-0.1, -0.05) is 18.2 Å². The number of para-hydroxylation sites is 1. The van der Waals surface area contributed by atoms with Gasteiger partial charge in [0.2, 0.25) is 5.91 Å². The van der Waals surface area contributed by atoms with E-state index in [-0.39, 0.29) is 17.6 Å². The van der Waals surface area contributed by atoms with Gasteiger partial charge in [0.05, 0.1) is 18.0 Å². The van der Waals surface area contributed by atoms with Crippen molar-refractivity contribution in [2.45, 2.75) is 6.92 Å². The average Bonchev–Trinajstić information content (AvgIpc) is 3.22. The molecule has 25 heavy (non-hydrogen) atoms. The molecule has 0 radical (unpaired) electrons. The van der Waals surface area contributed by atoms with Crippen LogP contribution in [0.25, 0.3) is 17.1 Å². The van der Waals surface area contributed by atoms with E-state index in [9.17, 15) is 14.9 Å². The predicted molar refractivity (Wildman–Crippen MR) is 89.3 cm³/mol. The van der Waals surface area contributed by atoms with Crippen molar-refractivity contribution in [1.29, 1.82) is 0 Å². The van der Waals surface area contributed by atoms with Gasteiger partial charge in [-0.2, -0.15) is 10.2 Å². The van der Waals surface area contributed by atoms with Crippen LogP contribution in [0, 0.1) is 10.1 Å². The van der Waals surface area contributed by atoms with Crippen molar-refractivity contribution in [3.63, 3.8) is 0 Å². The van der Waals surface area contributed by atoms with Gasteiger partial charge in [-0.3, -0.25) is 14.9 Å². The molecule has 0 fully saturated rings. The maximum absolute atomic E-state index is 11.0. The quantitative estimate of drug-likeness (QED) is 0.435. The van der Waals surface area contributed by atoms with Crippen LogP contribution < -0.4 is 5.43 Å². The van der Waals surface area contributed by atoms with Crippen LogP contribution in [-0.4, -0.2) is 26.8 Å². The molecule has 1 amide bonds. The second-order valence-electron chi connectivity index (χ2n) is 5.03. The van der Waals surface area contributed by atoms with Gasteiger partial charge in [-0.05, 0) is 18.2 Å². The van der Waals surface area contributed by atoms with Crippen molar-refractivity contribution >= 4 is 18.0 Å². The molecule has 1 aromatic carbocycles. The first-order valence-electron chi connectivity index (χ1n) is 7.24. The van der Waals surface area contributed by atoms with E-state index in [1.54, 1.807) is 10.9 Å². The first-order chi connectivity index (χ1) is 12.0. The minimum absolute atomic E-state index is 0.227. The molecule has 3 rings (SSSR count). The topological polar surface area (TPSA) is 116 Å². The summed E-state index contributed by atoms with van der Waals surface area (Å²) in [6, 6.07) is 12.0. The lowest BCUT2D eigenvalue weighted by atomic mass is 10.2. The highest BCUT2D eigenvalue weighted by Gasteiger charge is 2.18. The lowest BCUT2D eigenvalue weighted by Crippen LogP contribution is -2.12. The van der Waals surface area contributed by atoms with Crippen LogP contribution in [-0.2, 0) is 4.79 Å². The number of aromatic nitrogens is 2. The second-order valence-corrected chi connectivity index (χ2v) is 5.03. The minimum atomic E-state index is -0.622. The van der Waals surface area contributed by atoms with Crippen LogP contribution in [0.1, 0.15) is 12.5 Å². The molecule has 0 aliphatic rings. The summed E-state index contributed by atoms with van der Waals surface area (Å²) in [5.41, 5.74) is 3.99. The summed E-state index contributed by atoms with van der Waals surface area (Å²) in [6.45, 7) is 1.33. The molecule has 0 saturated carbocycles. The number of benzene rings is 1. The molecule has 0 spiro atoms. The number of nitrogens with one attached hydrogen (secondary N) is 1. The molecule has 0 aliphatic carbocycles. The van der Waals surface area contributed by atoms with E-state index in [1.807, 2.05) is 30.3 Å². The number of nitro groups is 1. The molecular formula is C16H13N5O4. The van der Waals surface area contributed by atoms with Crippen molar-refractivity contribution in [3.05, 3.63) is 64.3 Å². The number of rotatable bonds is 5. The smallest absolute Gasteiger partial charge is 0.399 e. The molecule has 1 N–H and O–H groups in total. The maximum Gasteiger partial charge on any atom is 0.433 e. The predicted octanol–water partition coefficient (Wildman–Crippen LogP) is 2.51. The Morgan fingerprint density at radius 2 is 2.08 bits per heavy atom. The summed E-state index contributed by atoms with van der Waals surface area (Å²) in [5, 5.41) is 19.1. The molecule has 3 aromatic rings. The third kappa shape index (κ3) is 3.61. The number of nitrogens with zero attached hydrogens (tertiary/aromatic N) is 4. The Kier molecular flexibility index (Phi) is 4.38. The monoisotopic (exact) mass is 339 g/mol. The largest absolute Gasteiger partial charge is 0.433 e. The van der Waals surface area contributed by atoms with Crippen LogP contribution in [0.5, 0.6) is 0 Å². The number of carbonyl (C=O) groups is 1. The van der Waals surface area contributed by atoms with Crippen LogP contribution >= 0.6 is 0 Å². The number of amides is 1. The number of hydrogen-bond donors (Lipinski definition) is 1. The number of hydrogen-bond acceptors (Lipinski definition) is 6. The fourth-order valence-corrected chi connectivity index (χ4v) is 2.13. The minimum Gasteiger partial charge on any atom is -0.399 e. The molecule has 2 heterocycles. The number of furan rings is 1. The zero-order chi connectivity index (χ0) is 17.8. The van der Waals surface area contributed by atoms with Gasteiger partial charge in [0, 0.05) is 18.7 Å². The fraction of sp³-hybridized carbons (Fsp3) is 0.0625. The lowest BCUT2D eigenvalue weighted by Gasteiger charge is -1.98. The lowest BCUT2D eigenvalue weighted by molar-refractivity contribution is -0.401. The van der Waals surface area contributed by atoms with Gasteiger partial charge in [-0.15, -0.1) is 0 Å². The first-order valence-corrected chi connectivity index (χ1v) is 7.24. The summed E-state index contributed by atoms with van der Waals surface area (Å²) in [5.74, 6) is -0.471. The summed E-state index contributed by atoms with van der Waals surface area (Å²) in [6.07, 6.45) is 3.09. The Bertz CT molecular complexity index is 943. The third-order valence-electron chi connectivity index (χ3n) is 3.19. The highest BCUT2D eigenvalue weighted by Crippen LogP contribution is 2.27. The van der Waals surface area contributed by atoms with Crippen LogP contribution in [0.15, 0.2) is 58.2 Å². The fourth-order valence-electron chi connectivity index (χ4n) is 2.13. The van der Waals surface area contributed by atoms with Gasteiger partial charge in [-0.25, -0.2) is 10.1 Å². The van der Waals surface area contributed by atoms with E-state index in [2.05, 4.69) is 15.6 Å². The van der Waals surface area contributed by atoms with Gasteiger partial charge < -0.3 is 4.42 Å². The van der Waals surface area contributed by atoms with Gasteiger partial charge >= 0.3 is 5.88 Å². The standard InChI is InChI=1S/C16H13N5O4/c1-11(22)18-17-9-12-10-20(13-5-3-2-4-6-13)19-16(12)14-7-8-15(25-14)21(23)24/h2-10H,1H3,(H,18,22). The van der Waals surface area contributed by atoms with Crippen molar-refractivity contribution in [2.75, 3.05) is 0 Å². The Balaban J connectivity index is 2.04. The molecule has 0 saturated heterocycles. The average molecular weight is 339 g/mol. The van der Waals surface area contributed by atoms with Crippen LogP contribution in [0.2, 0.25) is 0 Å². The molecule has 2 aromatic heterocycles. The summed E-state index contributed by atoms with van der Waals surface area (Å²) in [4.78, 5) is 21.1. The molecular weight excluding hydrogens is 326 g/mol. The van der Waals surface area contributed by atoms with E-state index >= 15 is 0 Å². The summed E-state index contributed by atoms with van der Waals surface area (Å²) in [7, 11) is 0. The van der Waals surface area contributed by atoms with E-state index in [0.29, 0.717) is 11.3 Å². The van der Waals surface area contributed by atoms with Crippen molar-refractivity contribution < 1.29 is 14.1 Å². The van der Waals surface area contributed by atoms with E-state index in [4.69, 9.17) is 4.42 Å². The van der Waals surface area contributed by atoms with Crippen LogP contribution in [0.4, 0.5) is 5.88 Å². The number of hydrazone groups is 1. The van der Waals surface area contributed by atoms with Crippen molar-refractivity contribution in [2.24, 2.45) is 5.10 Å². The molecule has 0 bridgehead atoms. The van der Waals surface area contributed by atoms with Crippen molar-refractivity contribution in [1.82, 2.24) is 15.2 Å². The molecule has 0 atom stereocenters. The summed E-state index contributed by atoms with van der Waals surface area (Å²) < 4.78 is 6.82. The SMILES string of the molecule is CC(=O)NN=Cc1cn(-c2ccccc2)nc1-c1ccc([N+](=O)[O-])o1. The Hall–Kier alpha value is -3.75. The molecule has 0 unspecified atom stereocenters. The Morgan fingerprint density at radius 1 is 1.32 bits per heavy atom. The first kappa shape index (κ1) is 16.1. The zero-order valence-electron chi connectivity index (χ0n) is 13.1. The number of carbonyl (C=O) groups excluding carboxylic acids is 1.